The Morgan fingerprint density at radius 2 is 2.18 bits per heavy atom. The summed E-state index contributed by atoms with van der Waals surface area (Å²) in [6.45, 7) is 4.81. The zero-order valence-corrected chi connectivity index (χ0v) is 11.1. The minimum absolute atomic E-state index is 0.00933. The summed E-state index contributed by atoms with van der Waals surface area (Å²) in [5.41, 5.74) is 5.74. The molecule has 0 spiro atoms. The second-order valence-corrected chi connectivity index (χ2v) is 5.76. The summed E-state index contributed by atoms with van der Waals surface area (Å²) in [4.78, 5) is 14.5. The lowest BCUT2D eigenvalue weighted by Crippen LogP contribution is -2.52. The van der Waals surface area contributed by atoms with Crippen LogP contribution in [0.2, 0.25) is 0 Å². The predicted molar refractivity (Wildman–Crippen MR) is 66.5 cm³/mol. The van der Waals surface area contributed by atoms with Gasteiger partial charge >= 0.3 is 0 Å². The molecular weight excluding hydrogens is 216 g/mol. The third-order valence-corrected chi connectivity index (χ3v) is 4.67. The fourth-order valence-electron chi connectivity index (χ4n) is 3.24. The SMILES string of the molecule is CC1OCCC1N(C)C(=O)C1(C)CCCC1N. The number of likely N-dealkylation sites (N-methyl/N-ethyl adjacent to an activating group) is 1. The van der Waals surface area contributed by atoms with Crippen LogP contribution in [-0.2, 0) is 9.53 Å². The van der Waals surface area contributed by atoms with Gasteiger partial charge in [-0.25, -0.2) is 0 Å². The predicted octanol–water partition coefficient (Wildman–Crippen LogP) is 1.14. The number of amides is 1. The first-order valence-electron chi connectivity index (χ1n) is 6.61. The fourth-order valence-corrected chi connectivity index (χ4v) is 3.24. The van der Waals surface area contributed by atoms with Gasteiger partial charge in [0.2, 0.25) is 5.91 Å². The fraction of sp³-hybridized carbons (Fsp3) is 0.923. The highest BCUT2D eigenvalue weighted by molar-refractivity contribution is 5.83. The number of hydrogen-bond donors (Lipinski definition) is 1. The van der Waals surface area contributed by atoms with E-state index in [1.54, 1.807) is 0 Å². The van der Waals surface area contributed by atoms with Crippen molar-refractivity contribution in [3.63, 3.8) is 0 Å². The number of rotatable bonds is 2. The molecule has 2 aliphatic rings. The van der Waals surface area contributed by atoms with Gasteiger partial charge < -0.3 is 15.4 Å². The minimum atomic E-state index is -0.364. The average molecular weight is 240 g/mol. The van der Waals surface area contributed by atoms with Gasteiger partial charge in [-0.1, -0.05) is 6.42 Å². The van der Waals surface area contributed by atoms with Gasteiger partial charge in [-0.05, 0) is 33.1 Å². The number of ether oxygens (including phenoxy) is 1. The molecular formula is C13H24N2O2. The van der Waals surface area contributed by atoms with E-state index in [0.29, 0.717) is 0 Å². The monoisotopic (exact) mass is 240 g/mol. The Hall–Kier alpha value is -0.610. The maximum atomic E-state index is 12.6. The lowest BCUT2D eigenvalue weighted by Gasteiger charge is -2.36. The first-order valence-corrected chi connectivity index (χ1v) is 6.61. The van der Waals surface area contributed by atoms with Crippen molar-refractivity contribution in [3.05, 3.63) is 0 Å². The summed E-state index contributed by atoms with van der Waals surface area (Å²) < 4.78 is 5.53. The number of nitrogens with two attached hydrogens (primary N) is 1. The van der Waals surface area contributed by atoms with Gasteiger partial charge in [0.05, 0.1) is 17.6 Å². The van der Waals surface area contributed by atoms with E-state index in [1.165, 1.54) is 0 Å². The van der Waals surface area contributed by atoms with Gasteiger partial charge in [0.15, 0.2) is 0 Å². The van der Waals surface area contributed by atoms with Crippen molar-refractivity contribution >= 4 is 5.91 Å². The normalized spacial score (nSPS) is 41.8. The Labute approximate surface area is 103 Å². The van der Waals surface area contributed by atoms with Crippen LogP contribution in [0.25, 0.3) is 0 Å². The summed E-state index contributed by atoms with van der Waals surface area (Å²) in [7, 11) is 1.90. The molecule has 4 unspecified atom stereocenters. The lowest BCUT2D eigenvalue weighted by atomic mass is 9.83. The molecule has 4 atom stereocenters. The molecule has 1 saturated carbocycles. The van der Waals surface area contributed by atoms with Crippen molar-refractivity contribution in [3.8, 4) is 0 Å². The topological polar surface area (TPSA) is 55.6 Å². The van der Waals surface area contributed by atoms with Crippen LogP contribution in [0.5, 0.6) is 0 Å². The van der Waals surface area contributed by atoms with Crippen LogP contribution < -0.4 is 5.73 Å². The highest BCUT2D eigenvalue weighted by atomic mass is 16.5. The van der Waals surface area contributed by atoms with Gasteiger partial charge in [-0.3, -0.25) is 4.79 Å². The van der Waals surface area contributed by atoms with E-state index in [-0.39, 0.29) is 29.5 Å². The molecule has 1 heterocycles. The zero-order valence-electron chi connectivity index (χ0n) is 11.1. The maximum absolute atomic E-state index is 12.6. The third kappa shape index (κ3) is 2.08. The first-order chi connectivity index (χ1) is 7.97. The molecule has 4 heteroatoms. The Morgan fingerprint density at radius 1 is 1.47 bits per heavy atom. The molecule has 17 heavy (non-hydrogen) atoms. The summed E-state index contributed by atoms with van der Waals surface area (Å²) >= 11 is 0. The van der Waals surface area contributed by atoms with Gasteiger partial charge in [-0.2, -0.15) is 0 Å². The van der Waals surface area contributed by atoms with Crippen LogP contribution >= 0.6 is 0 Å². The van der Waals surface area contributed by atoms with Crippen molar-refractivity contribution < 1.29 is 9.53 Å². The molecule has 98 valence electrons. The van der Waals surface area contributed by atoms with E-state index in [9.17, 15) is 4.79 Å². The quantitative estimate of drug-likeness (QED) is 0.787. The van der Waals surface area contributed by atoms with Crippen molar-refractivity contribution in [1.29, 1.82) is 0 Å². The second-order valence-electron chi connectivity index (χ2n) is 5.76. The zero-order chi connectivity index (χ0) is 12.6. The maximum Gasteiger partial charge on any atom is 0.230 e. The Balaban J connectivity index is 2.09. The standard InChI is InChI=1S/C13H24N2O2/c1-9-10(6-8-17-9)15(3)12(16)13(2)7-4-5-11(13)14/h9-11H,4-8,14H2,1-3H3. The summed E-state index contributed by atoms with van der Waals surface area (Å²) in [5.74, 6) is 0.199. The molecule has 0 bridgehead atoms. The molecule has 0 radical (unpaired) electrons. The van der Waals surface area contributed by atoms with Crippen LogP contribution in [0.3, 0.4) is 0 Å². The minimum Gasteiger partial charge on any atom is -0.376 e. The first kappa shape index (κ1) is 12.8. The number of carbonyl (C=O) groups excluding carboxylic acids is 1. The second kappa shape index (κ2) is 4.58. The largest absolute Gasteiger partial charge is 0.376 e. The summed E-state index contributed by atoms with van der Waals surface area (Å²) in [6.07, 6.45) is 4.03. The van der Waals surface area contributed by atoms with Crippen molar-refractivity contribution in [2.45, 2.75) is 57.7 Å². The van der Waals surface area contributed by atoms with E-state index in [4.69, 9.17) is 10.5 Å². The molecule has 2 N–H and O–H groups in total. The van der Waals surface area contributed by atoms with Gasteiger partial charge in [-0.15, -0.1) is 0 Å². The molecule has 2 fully saturated rings. The number of hydrogen-bond acceptors (Lipinski definition) is 3. The highest BCUT2D eigenvalue weighted by Gasteiger charge is 2.46. The molecule has 1 aliphatic carbocycles. The van der Waals surface area contributed by atoms with Gasteiger partial charge in [0.25, 0.3) is 0 Å². The third-order valence-electron chi connectivity index (χ3n) is 4.67. The highest BCUT2D eigenvalue weighted by Crippen LogP contribution is 2.39. The smallest absolute Gasteiger partial charge is 0.230 e. The molecule has 2 rings (SSSR count). The number of nitrogens with zero attached hydrogens (tertiary/aromatic N) is 1. The average Bonchev–Trinajstić information content (AvgIpc) is 2.85. The lowest BCUT2D eigenvalue weighted by molar-refractivity contribution is -0.143. The van der Waals surface area contributed by atoms with E-state index in [0.717, 1.165) is 32.3 Å². The van der Waals surface area contributed by atoms with E-state index in [2.05, 4.69) is 0 Å². The Kier molecular flexibility index (Phi) is 3.46. The van der Waals surface area contributed by atoms with E-state index in [1.807, 2.05) is 25.8 Å². The summed E-state index contributed by atoms with van der Waals surface area (Å²) in [5, 5.41) is 0. The van der Waals surface area contributed by atoms with Crippen LogP contribution in [0, 0.1) is 5.41 Å². The van der Waals surface area contributed by atoms with Crippen LogP contribution in [-0.4, -0.2) is 42.6 Å². The number of carbonyl (C=O) groups is 1. The Bertz CT molecular complexity index is 308. The van der Waals surface area contributed by atoms with Crippen LogP contribution in [0.1, 0.15) is 39.5 Å². The molecule has 1 aliphatic heterocycles. The molecule has 4 nitrogen and oxygen atoms in total. The van der Waals surface area contributed by atoms with Crippen molar-refractivity contribution in [2.75, 3.05) is 13.7 Å². The molecule has 0 aromatic heterocycles. The molecule has 0 aromatic carbocycles. The van der Waals surface area contributed by atoms with E-state index >= 15 is 0 Å². The van der Waals surface area contributed by atoms with Crippen molar-refractivity contribution in [1.82, 2.24) is 4.90 Å². The Morgan fingerprint density at radius 3 is 2.65 bits per heavy atom. The molecule has 1 saturated heterocycles. The van der Waals surface area contributed by atoms with Crippen LogP contribution in [0.15, 0.2) is 0 Å². The van der Waals surface area contributed by atoms with Gasteiger partial charge in [0.1, 0.15) is 0 Å². The molecule has 1 amide bonds. The van der Waals surface area contributed by atoms with Crippen molar-refractivity contribution in [2.24, 2.45) is 11.1 Å². The molecule has 0 aromatic rings. The van der Waals surface area contributed by atoms with Crippen LogP contribution in [0.4, 0.5) is 0 Å². The van der Waals surface area contributed by atoms with E-state index < -0.39 is 0 Å². The summed E-state index contributed by atoms with van der Waals surface area (Å²) in [6, 6.07) is 0.224. The van der Waals surface area contributed by atoms with Gasteiger partial charge in [0, 0.05) is 19.7 Å².